The van der Waals surface area contributed by atoms with E-state index in [4.69, 9.17) is 4.52 Å². The molecule has 0 bridgehead atoms. The molecule has 1 fully saturated rings. The highest BCUT2D eigenvalue weighted by molar-refractivity contribution is 6.04. The molecule has 1 aromatic heterocycles. The number of likely N-dealkylation sites (tertiary alicyclic amines) is 1. The van der Waals surface area contributed by atoms with Crippen molar-refractivity contribution < 1.29 is 18.5 Å². The average Bonchev–Trinajstić information content (AvgIpc) is 3.41. The molecule has 1 aliphatic rings. The number of amides is 2. The first-order valence-electron chi connectivity index (χ1n) is 11.4. The highest BCUT2D eigenvalue weighted by Gasteiger charge is 2.28. The van der Waals surface area contributed by atoms with E-state index in [1.807, 2.05) is 35.2 Å². The zero-order valence-electron chi connectivity index (χ0n) is 18.9. The maximum Gasteiger partial charge on any atom is 0.255 e. The van der Waals surface area contributed by atoms with Gasteiger partial charge in [0, 0.05) is 41.4 Å². The normalized spacial score (nSPS) is 14.0. The molecule has 0 atom stereocenters. The molecule has 1 N–H and O–H groups in total. The Bertz CT molecular complexity index is 1310. The molecule has 5 rings (SSSR count). The highest BCUT2D eigenvalue weighted by atomic mass is 19.1. The number of carbonyl (C=O) groups is 2. The molecule has 0 radical (unpaired) electrons. The Morgan fingerprint density at radius 1 is 0.886 bits per heavy atom. The first-order valence-corrected chi connectivity index (χ1v) is 11.4. The fraction of sp³-hybridized carbons (Fsp3) is 0.185. The molecular formula is C27H23FN4O3. The molecule has 1 aliphatic heterocycles. The van der Waals surface area contributed by atoms with Crippen molar-refractivity contribution in [3.63, 3.8) is 0 Å². The number of carbonyl (C=O) groups excluding carboxylic acids is 2. The topological polar surface area (TPSA) is 88.3 Å². The fourth-order valence-electron chi connectivity index (χ4n) is 4.12. The highest BCUT2D eigenvalue weighted by Crippen LogP contribution is 2.29. The second-order valence-electron chi connectivity index (χ2n) is 8.43. The van der Waals surface area contributed by atoms with Crippen molar-refractivity contribution in [2.75, 3.05) is 18.4 Å². The quantitative estimate of drug-likeness (QED) is 0.436. The van der Waals surface area contributed by atoms with Gasteiger partial charge in [0.25, 0.3) is 11.8 Å². The third-order valence-corrected chi connectivity index (χ3v) is 6.10. The molecule has 1 saturated heterocycles. The van der Waals surface area contributed by atoms with Crippen molar-refractivity contribution >= 4 is 17.5 Å². The summed E-state index contributed by atoms with van der Waals surface area (Å²) in [5.41, 5.74) is 2.40. The van der Waals surface area contributed by atoms with Crippen LogP contribution in [0.1, 0.15) is 45.4 Å². The van der Waals surface area contributed by atoms with E-state index < -0.39 is 0 Å². The van der Waals surface area contributed by atoms with Crippen LogP contribution in [-0.4, -0.2) is 39.9 Å². The lowest BCUT2D eigenvalue weighted by atomic mass is 9.96. The molecule has 0 aliphatic carbocycles. The predicted octanol–water partition coefficient (Wildman–Crippen LogP) is 5.15. The maximum absolute atomic E-state index is 13.0. The Morgan fingerprint density at radius 2 is 1.57 bits per heavy atom. The summed E-state index contributed by atoms with van der Waals surface area (Å²) in [4.78, 5) is 31.5. The van der Waals surface area contributed by atoms with Crippen LogP contribution in [0.2, 0.25) is 0 Å². The van der Waals surface area contributed by atoms with Crippen molar-refractivity contribution in [1.82, 2.24) is 15.0 Å². The smallest absolute Gasteiger partial charge is 0.255 e. The third-order valence-electron chi connectivity index (χ3n) is 6.10. The molecule has 35 heavy (non-hydrogen) atoms. The number of nitrogens with one attached hydrogen (secondary N) is 1. The molecule has 176 valence electrons. The summed E-state index contributed by atoms with van der Waals surface area (Å²) in [6.45, 7) is 1.27. The number of anilines is 1. The average molecular weight is 471 g/mol. The van der Waals surface area contributed by atoms with Crippen molar-refractivity contribution in [2.24, 2.45) is 0 Å². The molecule has 7 nitrogen and oxygen atoms in total. The Balaban J connectivity index is 1.19. The Kier molecular flexibility index (Phi) is 6.34. The van der Waals surface area contributed by atoms with Gasteiger partial charge in [0.1, 0.15) is 5.82 Å². The molecule has 0 saturated carbocycles. The largest absolute Gasteiger partial charge is 0.339 e. The van der Waals surface area contributed by atoms with Crippen LogP contribution in [0.4, 0.5) is 10.1 Å². The molecule has 0 spiro atoms. The summed E-state index contributed by atoms with van der Waals surface area (Å²) in [6.07, 6.45) is 1.51. The predicted molar refractivity (Wildman–Crippen MR) is 128 cm³/mol. The van der Waals surface area contributed by atoms with Gasteiger partial charge in [-0.15, -0.1) is 0 Å². The van der Waals surface area contributed by atoms with E-state index >= 15 is 0 Å². The number of halogens is 1. The van der Waals surface area contributed by atoms with Gasteiger partial charge in [0.2, 0.25) is 11.7 Å². The van der Waals surface area contributed by atoms with E-state index in [0.29, 0.717) is 41.6 Å². The van der Waals surface area contributed by atoms with Gasteiger partial charge in [-0.25, -0.2) is 4.39 Å². The Morgan fingerprint density at radius 3 is 2.26 bits per heavy atom. The number of rotatable bonds is 5. The van der Waals surface area contributed by atoms with Crippen molar-refractivity contribution in [1.29, 1.82) is 0 Å². The van der Waals surface area contributed by atoms with Crippen LogP contribution in [0.15, 0.2) is 83.4 Å². The van der Waals surface area contributed by atoms with Crippen LogP contribution in [0.3, 0.4) is 0 Å². The summed E-state index contributed by atoms with van der Waals surface area (Å²) in [5.74, 6) is 0.487. The van der Waals surface area contributed by atoms with Gasteiger partial charge in [-0.2, -0.15) is 4.98 Å². The maximum atomic E-state index is 13.0. The molecule has 0 unspecified atom stereocenters. The van der Waals surface area contributed by atoms with Gasteiger partial charge in [-0.05, 0) is 61.4 Å². The minimum Gasteiger partial charge on any atom is -0.339 e. The van der Waals surface area contributed by atoms with Crippen LogP contribution in [0.5, 0.6) is 0 Å². The molecule has 4 aromatic rings. The van der Waals surface area contributed by atoms with E-state index in [-0.39, 0.29) is 23.5 Å². The minimum atomic E-state index is -0.363. The van der Waals surface area contributed by atoms with Crippen LogP contribution in [0, 0.1) is 5.82 Å². The number of piperidine rings is 1. The van der Waals surface area contributed by atoms with Crippen LogP contribution >= 0.6 is 0 Å². The Labute approximate surface area is 201 Å². The second kappa shape index (κ2) is 9.89. The van der Waals surface area contributed by atoms with Crippen molar-refractivity contribution in [3.05, 3.63) is 102 Å². The van der Waals surface area contributed by atoms with Crippen LogP contribution in [-0.2, 0) is 0 Å². The molecule has 8 heteroatoms. The van der Waals surface area contributed by atoms with Crippen molar-refractivity contribution in [3.8, 4) is 11.4 Å². The van der Waals surface area contributed by atoms with Crippen molar-refractivity contribution in [2.45, 2.75) is 18.8 Å². The second-order valence-corrected chi connectivity index (χ2v) is 8.43. The van der Waals surface area contributed by atoms with Gasteiger partial charge in [-0.1, -0.05) is 35.5 Å². The lowest BCUT2D eigenvalue weighted by molar-refractivity contribution is 0.0704. The number of benzene rings is 3. The van der Waals surface area contributed by atoms with E-state index in [1.54, 1.807) is 24.3 Å². The summed E-state index contributed by atoms with van der Waals surface area (Å²) >= 11 is 0. The summed E-state index contributed by atoms with van der Waals surface area (Å²) < 4.78 is 18.6. The SMILES string of the molecule is O=C(Nc1ccc(F)cc1)c1ccc(-c2noc(C3CCN(C(=O)c4ccccc4)CC3)n2)cc1. The lowest BCUT2D eigenvalue weighted by Crippen LogP contribution is -2.37. The summed E-state index contributed by atoms with van der Waals surface area (Å²) in [5, 5.41) is 6.84. The summed E-state index contributed by atoms with van der Waals surface area (Å²) in [7, 11) is 0. The van der Waals surface area contributed by atoms with Gasteiger partial charge < -0.3 is 14.7 Å². The molecule has 2 heterocycles. The minimum absolute atomic E-state index is 0.0406. The van der Waals surface area contributed by atoms with Gasteiger partial charge >= 0.3 is 0 Å². The van der Waals surface area contributed by atoms with E-state index in [0.717, 1.165) is 18.4 Å². The Hall–Kier alpha value is -4.33. The van der Waals surface area contributed by atoms with Gasteiger partial charge in [0.05, 0.1) is 0 Å². The summed E-state index contributed by atoms with van der Waals surface area (Å²) in [6, 6.07) is 21.7. The van der Waals surface area contributed by atoms with E-state index in [1.165, 1.54) is 24.3 Å². The monoisotopic (exact) mass is 470 g/mol. The number of hydrogen-bond acceptors (Lipinski definition) is 5. The fourth-order valence-corrected chi connectivity index (χ4v) is 4.12. The molecule has 3 aromatic carbocycles. The number of nitrogens with zero attached hydrogens (tertiary/aromatic N) is 3. The molecular weight excluding hydrogens is 447 g/mol. The van der Waals surface area contributed by atoms with Crippen LogP contribution in [0.25, 0.3) is 11.4 Å². The van der Waals surface area contributed by atoms with Crippen LogP contribution < -0.4 is 5.32 Å². The van der Waals surface area contributed by atoms with Gasteiger partial charge in [-0.3, -0.25) is 9.59 Å². The first kappa shape index (κ1) is 22.5. The third kappa shape index (κ3) is 5.11. The van der Waals surface area contributed by atoms with E-state index in [2.05, 4.69) is 15.5 Å². The van der Waals surface area contributed by atoms with E-state index in [9.17, 15) is 14.0 Å². The van der Waals surface area contributed by atoms with Gasteiger partial charge in [0.15, 0.2) is 0 Å². The molecule has 2 amide bonds. The number of hydrogen-bond donors (Lipinski definition) is 1. The zero-order valence-corrected chi connectivity index (χ0v) is 18.9. The lowest BCUT2D eigenvalue weighted by Gasteiger charge is -2.30. The first-order chi connectivity index (χ1) is 17.1. The zero-order chi connectivity index (χ0) is 24.2. The standard InChI is InChI=1S/C27H23FN4O3/c28-22-10-12-23(13-11-22)29-25(33)19-8-6-18(7-9-19)24-30-26(35-31-24)20-14-16-32(17-15-20)27(34)21-4-2-1-3-5-21/h1-13,20H,14-17H2,(H,29,33). The number of aromatic nitrogens is 2.